The summed E-state index contributed by atoms with van der Waals surface area (Å²) in [7, 11) is 2.19. The van der Waals surface area contributed by atoms with Gasteiger partial charge in [-0.05, 0) is 24.6 Å². The van der Waals surface area contributed by atoms with Gasteiger partial charge in [-0.25, -0.2) is 0 Å². The van der Waals surface area contributed by atoms with Crippen molar-refractivity contribution in [2.75, 3.05) is 26.7 Å². The van der Waals surface area contributed by atoms with Gasteiger partial charge in [-0.15, -0.1) is 0 Å². The summed E-state index contributed by atoms with van der Waals surface area (Å²) in [5, 5.41) is 3.58. The summed E-state index contributed by atoms with van der Waals surface area (Å²) in [5.41, 5.74) is 2.88. The fourth-order valence-electron chi connectivity index (χ4n) is 2.33. The van der Waals surface area contributed by atoms with Crippen molar-refractivity contribution < 1.29 is 0 Å². The first-order chi connectivity index (χ1) is 7.79. The number of piperazine rings is 1. The topological polar surface area (TPSA) is 15.3 Å². The van der Waals surface area contributed by atoms with Crippen molar-refractivity contribution in [3.63, 3.8) is 0 Å². The first-order valence-corrected chi connectivity index (χ1v) is 6.30. The fraction of sp³-hybridized carbons (Fsp3) is 0.571. The Kier molecular flexibility index (Phi) is 3.97. The van der Waals surface area contributed by atoms with Gasteiger partial charge in [-0.1, -0.05) is 37.6 Å². The zero-order chi connectivity index (χ0) is 11.4. The van der Waals surface area contributed by atoms with Crippen molar-refractivity contribution >= 4 is 0 Å². The lowest BCUT2D eigenvalue weighted by Crippen LogP contribution is -2.43. The first-order valence-electron chi connectivity index (χ1n) is 6.30. The van der Waals surface area contributed by atoms with Crippen LogP contribution in [0.3, 0.4) is 0 Å². The van der Waals surface area contributed by atoms with E-state index in [1.807, 2.05) is 0 Å². The smallest absolute Gasteiger partial charge is 0.0449 e. The SMILES string of the molecule is CCCc1ccc(C2CN(C)CCN2)cc1. The normalized spacial score (nSPS) is 22.2. The Morgan fingerprint density at radius 1 is 1.31 bits per heavy atom. The van der Waals surface area contributed by atoms with E-state index in [0.29, 0.717) is 6.04 Å². The second-order valence-corrected chi connectivity index (χ2v) is 4.76. The summed E-state index contributed by atoms with van der Waals surface area (Å²) in [4.78, 5) is 2.39. The van der Waals surface area contributed by atoms with Crippen LogP contribution in [0.25, 0.3) is 0 Å². The predicted octanol–water partition coefficient (Wildman–Crippen LogP) is 2.22. The summed E-state index contributed by atoms with van der Waals surface area (Å²) in [6.45, 7) is 5.60. The van der Waals surface area contributed by atoms with Gasteiger partial charge in [0.25, 0.3) is 0 Å². The lowest BCUT2D eigenvalue weighted by atomic mass is 10.0. The summed E-state index contributed by atoms with van der Waals surface area (Å²) < 4.78 is 0. The minimum absolute atomic E-state index is 0.509. The number of aryl methyl sites for hydroxylation is 1. The molecule has 1 aromatic carbocycles. The molecule has 1 atom stereocenters. The molecule has 16 heavy (non-hydrogen) atoms. The molecule has 0 radical (unpaired) electrons. The molecule has 0 saturated carbocycles. The summed E-state index contributed by atoms with van der Waals surface area (Å²) >= 11 is 0. The highest BCUT2D eigenvalue weighted by molar-refractivity contribution is 5.25. The molecule has 0 amide bonds. The van der Waals surface area contributed by atoms with Gasteiger partial charge in [0.05, 0.1) is 0 Å². The number of rotatable bonds is 3. The highest BCUT2D eigenvalue weighted by Gasteiger charge is 2.17. The van der Waals surface area contributed by atoms with E-state index in [9.17, 15) is 0 Å². The highest BCUT2D eigenvalue weighted by Crippen LogP contribution is 2.17. The third-order valence-electron chi connectivity index (χ3n) is 3.30. The molecule has 1 unspecified atom stereocenters. The first kappa shape index (κ1) is 11.6. The average Bonchev–Trinajstić information content (AvgIpc) is 2.30. The van der Waals surface area contributed by atoms with E-state index in [0.717, 1.165) is 19.6 Å². The molecule has 1 fully saturated rings. The van der Waals surface area contributed by atoms with Gasteiger partial charge in [0.15, 0.2) is 0 Å². The van der Waals surface area contributed by atoms with Crippen molar-refractivity contribution in [1.82, 2.24) is 10.2 Å². The summed E-state index contributed by atoms with van der Waals surface area (Å²) in [5.74, 6) is 0. The van der Waals surface area contributed by atoms with Crippen LogP contribution in [0.1, 0.15) is 30.5 Å². The highest BCUT2D eigenvalue weighted by atomic mass is 15.2. The third kappa shape index (κ3) is 2.83. The lowest BCUT2D eigenvalue weighted by Gasteiger charge is -2.31. The van der Waals surface area contributed by atoms with E-state index < -0.39 is 0 Å². The molecule has 0 aliphatic carbocycles. The maximum Gasteiger partial charge on any atom is 0.0449 e. The second kappa shape index (κ2) is 5.46. The zero-order valence-corrected chi connectivity index (χ0v) is 10.4. The van der Waals surface area contributed by atoms with Crippen LogP contribution < -0.4 is 5.32 Å². The summed E-state index contributed by atoms with van der Waals surface area (Å²) in [6.07, 6.45) is 2.42. The number of hydrogen-bond acceptors (Lipinski definition) is 2. The van der Waals surface area contributed by atoms with Crippen molar-refractivity contribution in [2.45, 2.75) is 25.8 Å². The zero-order valence-electron chi connectivity index (χ0n) is 10.4. The minimum atomic E-state index is 0.509. The Hall–Kier alpha value is -0.860. The quantitative estimate of drug-likeness (QED) is 0.837. The predicted molar refractivity (Wildman–Crippen MR) is 68.7 cm³/mol. The van der Waals surface area contributed by atoms with E-state index in [1.54, 1.807) is 0 Å². The molecule has 0 spiro atoms. The van der Waals surface area contributed by atoms with Crippen LogP contribution in [-0.2, 0) is 6.42 Å². The molecule has 2 heteroatoms. The van der Waals surface area contributed by atoms with Gasteiger partial charge in [0, 0.05) is 25.7 Å². The third-order valence-corrected chi connectivity index (χ3v) is 3.30. The van der Waals surface area contributed by atoms with Crippen LogP contribution in [0, 0.1) is 0 Å². The molecule has 88 valence electrons. The van der Waals surface area contributed by atoms with Crippen LogP contribution in [0.4, 0.5) is 0 Å². The van der Waals surface area contributed by atoms with Crippen LogP contribution >= 0.6 is 0 Å². The molecule has 2 rings (SSSR count). The molecular weight excluding hydrogens is 196 g/mol. The van der Waals surface area contributed by atoms with Gasteiger partial charge in [0.2, 0.25) is 0 Å². The van der Waals surface area contributed by atoms with E-state index in [2.05, 4.69) is 48.5 Å². The van der Waals surface area contributed by atoms with Crippen molar-refractivity contribution in [2.24, 2.45) is 0 Å². The molecule has 1 heterocycles. The van der Waals surface area contributed by atoms with E-state index in [1.165, 1.54) is 24.0 Å². The van der Waals surface area contributed by atoms with Gasteiger partial charge < -0.3 is 10.2 Å². The van der Waals surface area contributed by atoms with Crippen LogP contribution in [-0.4, -0.2) is 31.6 Å². The molecule has 1 saturated heterocycles. The van der Waals surface area contributed by atoms with Crippen LogP contribution in [0.15, 0.2) is 24.3 Å². The molecule has 1 aromatic rings. The van der Waals surface area contributed by atoms with E-state index in [-0.39, 0.29) is 0 Å². The summed E-state index contributed by atoms with van der Waals surface area (Å²) in [6, 6.07) is 9.61. The Morgan fingerprint density at radius 3 is 2.69 bits per heavy atom. The number of nitrogens with zero attached hydrogens (tertiary/aromatic N) is 1. The monoisotopic (exact) mass is 218 g/mol. The molecular formula is C14H22N2. The number of nitrogens with one attached hydrogen (secondary N) is 1. The molecule has 1 N–H and O–H groups in total. The molecule has 0 bridgehead atoms. The molecule has 2 nitrogen and oxygen atoms in total. The van der Waals surface area contributed by atoms with Crippen LogP contribution in [0.5, 0.6) is 0 Å². The van der Waals surface area contributed by atoms with Crippen molar-refractivity contribution in [3.8, 4) is 0 Å². The Morgan fingerprint density at radius 2 is 2.06 bits per heavy atom. The van der Waals surface area contributed by atoms with Gasteiger partial charge in [0.1, 0.15) is 0 Å². The Balaban J connectivity index is 2.03. The standard InChI is InChI=1S/C14H22N2/c1-3-4-12-5-7-13(8-6-12)14-11-16(2)10-9-15-14/h5-8,14-15H,3-4,9-11H2,1-2H3. The fourth-order valence-corrected chi connectivity index (χ4v) is 2.33. The molecule has 1 aliphatic rings. The average molecular weight is 218 g/mol. The Labute approximate surface area is 98.7 Å². The van der Waals surface area contributed by atoms with Crippen molar-refractivity contribution in [1.29, 1.82) is 0 Å². The van der Waals surface area contributed by atoms with E-state index >= 15 is 0 Å². The van der Waals surface area contributed by atoms with E-state index in [4.69, 9.17) is 0 Å². The van der Waals surface area contributed by atoms with Gasteiger partial charge >= 0.3 is 0 Å². The van der Waals surface area contributed by atoms with Gasteiger partial charge in [-0.3, -0.25) is 0 Å². The molecule has 0 aromatic heterocycles. The minimum Gasteiger partial charge on any atom is -0.308 e. The Bertz CT molecular complexity index is 318. The largest absolute Gasteiger partial charge is 0.308 e. The maximum atomic E-state index is 3.58. The van der Waals surface area contributed by atoms with Crippen molar-refractivity contribution in [3.05, 3.63) is 35.4 Å². The van der Waals surface area contributed by atoms with Gasteiger partial charge in [-0.2, -0.15) is 0 Å². The maximum absolute atomic E-state index is 3.58. The number of likely N-dealkylation sites (N-methyl/N-ethyl adjacent to an activating group) is 1. The van der Waals surface area contributed by atoms with Crippen LogP contribution in [0.2, 0.25) is 0 Å². The number of benzene rings is 1. The second-order valence-electron chi connectivity index (χ2n) is 4.76. The number of hydrogen-bond donors (Lipinski definition) is 1. The lowest BCUT2D eigenvalue weighted by molar-refractivity contribution is 0.241. The molecule has 1 aliphatic heterocycles.